The van der Waals surface area contributed by atoms with Gasteiger partial charge in [-0.2, -0.15) is 0 Å². The third-order valence-electron chi connectivity index (χ3n) is 10.2. The zero-order valence-corrected chi connectivity index (χ0v) is 26.7. The molecule has 0 aromatic rings. The number of esters is 1. The number of carbonyl (C=O) groups excluding carboxylic acids is 1. The van der Waals surface area contributed by atoms with Gasteiger partial charge in [0.05, 0.1) is 24.9 Å². The van der Waals surface area contributed by atoms with E-state index in [-0.39, 0.29) is 30.7 Å². The molecule has 0 saturated carbocycles. The normalized spacial score (nSPS) is 45.0. The van der Waals surface area contributed by atoms with Gasteiger partial charge in [-0.15, -0.1) is 0 Å². The topological polar surface area (TPSA) is 104 Å². The van der Waals surface area contributed by atoms with E-state index in [9.17, 15) is 15.0 Å². The summed E-state index contributed by atoms with van der Waals surface area (Å²) in [6.45, 7) is 12.3. The lowest BCUT2D eigenvalue weighted by atomic mass is 9.70. The number of aliphatic hydroxyl groups is 2. The van der Waals surface area contributed by atoms with Crippen LogP contribution in [0.3, 0.4) is 0 Å². The minimum atomic E-state index is -1.61. The number of allylic oxidation sites excluding steroid dienone is 5. The first-order chi connectivity index (χ1) is 20.4. The second kappa shape index (κ2) is 12.7. The molecule has 2 bridgehead atoms. The van der Waals surface area contributed by atoms with Crippen molar-refractivity contribution < 1.29 is 38.7 Å². The largest absolute Gasteiger partial charge is 0.462 e. The Morgan fingerprint density at radius 3 is 2.65 bits per heavy atom. The fraction of sp³-hybridized carbons (Fsp3) is 0.686. The molecule has 4 heterocycles. The molecule has 1 aliphatic carbocycles. The summed E-state index contributed by atoms with van der Waals surface area (Å²) in [5.74, 6) is -2.41. The summed E-state index contributed by atoms with van der Waals surface area (Å²) in [7, 11) is 1.59. The number of hydrogen-bond acceptors (Lipinski definition) is 8. The highest BCUT2D eigenvalue weighted by atomic mass is 16.7. The van der Waals surface area contributed by atoms with E-state index < -0.39 is 47.7 Å². The third-order valence-corrected chi connectivity index (χ3v) is 10.2. The molecule has 0 amide bonds. The van der Waals surface area contributed by atoms with Crippen LogP contribution < -0.4 is 0 Å². The molecule has 5 aliphatic rings. The molecule has 3 saturated heterocycles. The summed E-state index contributed by atoms with van der Waals surface area (Å²) in [6, 6.07) is 0. The van der Waals surface area contributed by atoms with Crippen LogP contribution in [0.1, 0.15) is 73.6 Å². The summed E-state index contributed by atoms with van der Waals surface area (Å²) < 4.78 is 31.5. The van der Waals surface area contributed by atoms with Crippen LogP contribution in [0.15, 0.2) is 58.7 Å². The summed E-state index contributed by atoms with van der Waals surface area (Å²) in [6.07, 6.45) is 11.6. The number of rotatable bonds is 2. The van der Waals surface area contributed by atoms with Gasteiger partial charge >= 0.3 is 5.97 Å². The average molecular weight is 599 g/mol. The molecular weight excluding hydrogens is 548 g/mol. The highest BCUT2D eigenvalue weighted by Gasteiger charge is 2.60. The molecule has 238 valence electrons. The minimum Gasteiger partial charge on any atom is -0.462 e. The van der Waals surface area contributed by atoms with E-state index in [1.54, 1.807) is 13.2 Å². The molecule has 43 heavy (non-hydrogen) atoms. The lowest BCUT2D eigenvalue weighted by molar-refractivity contribution is -0.342. The second-order valence-corrected chi connectivity index (χ2v) is 13.5. The molecule has 11 unspecified atom stereocenters. The Balaban J connectivity index is 1.54. The number of ether oxygens (including phenoxy) is 5. The predicted octanol–water partition coefficient (Wildman–Crippen LogP) is 5.11. The standard InChI is InChI=1S/C35H50O8/c1-8-22(4)30-24(6)29(36)18-34(43-30)17-27-16-26(42-34)13-12-21(3)14-20(2)10-9-11-25-19-40-32-31(39-7)23(5)15-28(33(37)41-27)35(25,32)38/h8-12,15,20,24,26-32,36,38H,13-14,16-19H2,1-7H3/b10-9+,21-12?,22-8?,25-11?. The van der Waals surface area contributed by atoms with Crippen LogP contribution in [0.4, 0.5) is 0 Å². The zero-order chi connectivity index (χ0) is 31.1. The van der Waals surface area contributed by atoms with E-state index in [0.29, 0.717) is 31.3 Å². The van der Waals surface area contributed by atoms with E-state index in [4.69, 9.17) is 23.7 Å². The van der Waals surface area contributed by atoms with E-state index in [1.165, 1.54) is 5.57 Å². The van der Waals surface area contributed by atoms with Crippen molar-refractivity contribution in [3.8, 4) is 0 Å². The van der Waals surface area contributed by atoms with E-state index in [0.717, 1.165) is 17.6 Å². The number of hydrogen-bond donors (Lipinski definition) is 2. The van der Waals surface area contributed by atoms with Crippen LogP contribution in [-0.4, -0.2) is 77.9 Å². The first-order valence-corrected chi connectivity index (χ1v) is 15.9. The van der Waals surface area contributed by atoms with Gasteiger partial charge in [0.1, 0.15) is 29.8 Å². The molecular formula is C35H50O8. The van der Waals surface area contributed by atoms with Crippen LogP contribution in [0.2, 0.25) is 0 Å². The van der Waals surface area contributed by atoms with Crippen molar-refractivity contribution in [2.24, 2.45) is 17.8 Å². The molecule has 1 spiro atoms. The Bertz CT molecular complexity index is 1210. The quantitative estimate of drug-likeness (QED) is 0.334. The van der Waals surface area contributed by atoms with Gasteiger partial charge in [0.15, 0.2) is 5.79 Å². The Morgan fingerprint density at radius 1 is 1.16 bits per heavy atom. The van der Waals surface area contributed by atoms with Gasteiger partial charge in [-0.3, -0.25) is 4.79 Å². The first-order valence-electron chi connectivity index (χ1n) is 15.9. The SMILES string of the molecule is CC=C(C)C1OC2(CC3CC(CC=C(C)CC(C)/C=C/C=C4COC5C(OC)C(C)=CC(C(=O)O3)C45O)O2)CC(O)C1C. The van der Waals surface area contributed by atoms with Crippen LogP contribution in [0.25, 0.3) is 0 Å². The Labute approximate surface area is 256 Å². The monoisotopic (exact) mass is 598 g/mol. The lowest BCUT2D eigenvalue weighted by Gasteiger charge is -2.51. The molecule has 0 aromatic carbocycles. The van der Waals surface area contributed by atoms with Crippen LogP contribution in [0, 0.1) is 17.8 Å². The summed E-state index contributed by atoms with van der Waals surface area (Å²) in [5.41, 5.74) is 2.11. The molecule has 8 nitrogen and oxygen atoms in total. The Morgan fingerprint density at radius 2 is 1.93 bits per heavy atom. The maximum Gasteiger partial charge on any atom is 0.316 e. The van der Waals surface area contributed by atoms with E-state index in [2.05, 4.69) is 26.0 Å². The molecule has 4 aliphatic heterocycles. The Kier molecular flexibility index (Phi) is 9.58. The number of aliphatic hydroxyl groups excluding tert-OH is 1. The van der Waals surface area contributed by atoms with Gasteiger partial charge < -0.3 is 33.9 Å². The van der Waals surface area contributed by atoms with Crippen LogP contribution in [-0.2, 0) is 28.5 Å². The van der Waals surface area contributed by atoms with Crippen LogP contribution in [0.5, 0.6) is 0 Å². The molecule has 0 aromatic heterocycles. The molecule has 11 atom stereocenters. The summed E-state index contributed by atoms with van der Waals surface area (Å²) >= 11 is 0. The van der Waals surface area contributed by atoms with Gasteiger partial charge in [0, 0.05) is 32.3 Å². The lowest BCUT2D eigenvalue weighted by Crippen LogP contribution is -2.59. The maximum absolute atomic E-state index is 14.1. The summed E-state index contributed by atoms with van der Waals surface area (Å²) in [4.78, 5) is 14.1. The number of methoxy groups -OCH3 is 1. The van der Waals surface area contributed by atoms with Crippen molar-refractivity contribution in [1.82, 2.24) is 0 Å². The molecule has 3 fully saturated rings. The smallest absolute Gasteiger partial charge is 0.316 e. The predicted molar refractivity (Wildman–Crippen MR) is 163 cm³/mol. The van der Waals surface area contributed by atoms with E-state index >= 15 is 0 Å². The molecule has 0 radical (unpaired) electrons. The zero-order valence-electron chi connectivity index (χ0n) is 26.7. The Hall–Kier alpha value is -2.07. The van der Waals surface area contributed by atoms with Crippen molar-refractivity contribution in [1.29, 1.82) is 0 Å². The van der Waals surface area contributed by atoms with Gasteiger partial charge in [-0.05, 0) is 63.2 Å². The van der Waals surface area contributed by atoms with Crippen molar-refractivity contribution in [2.45, 2.75) is 122 Å². The van der Waals surface area contributed by atoms with Gasteiger partial charge in [0.25, 0.3) is 0 Å². The number of carbonyl (C=O) groups is 1. The fourth-order valence-corrected chi connectivity index (χ4v) is 7.68. The molecule has 2 N–H and O–H groups in total. The van der Waals surface area contributed by atoms with Gasteiger partial charge in [0.2, 0.25) is 0 Å². The average Bonchev–Trinajstić information content (AvgIpc) is 3.29. The first kappa shape index (κ1) is 32.3. The van der Waals surface area contributed by atoms with E-state index in [1.807, 2.05) is 45.9 Å². The van der Waals surface area contributed by atoms with Crippen molar-refractivity contribution in [3.05, 3.63) is 58.7 Å². The molecule has 5 rings (SSSR count). The maximum atomic E-state index is 14.1. The number of fused-ring (bicyclic) bond motifs is 2. The van der Waals surface area contributed by atoms with Crippen molar-refractivity contribution in [2.75, 3.05) is 13.7 Å². The summed E-state index contributed by atoms with van der Waals surface area (Å²) in [5, 5.41) is 23.5. The highest BCUT2D eigenvalue weighted by Crippen LogP contribution is 2.48. The highest BCUT2D eigenvalue weighted by molar-refractivity contribution is 5.78. The second-order valence-electron chi connectivity index (χ2n) is 13.5. The van der Waals surface area contributed by atoms with Crippen molar-refractivity contribution in [3.63, 3.8) is 0 Å². The van der Waals surface area contributed by atoms with Gasteiger partial charge in [-0.25, -0.2) is 0 Å². The molecule has 8 heteroatoms. The van der Waals surface area contributed by atoms with Gasteiger partial charge in [-0.1, -0.05) is 55.9 Å². The fourth-order valence-electron chi connectivity index (χ4n) is 7.68. The minimum absolute atomic E-state index is 0.100. The third kappa shape index (κ3) is 6.24. The van der Waals surface area contributed by atoms with Crippen molar-refractivity contribution >= 4 is 5.97 Å². The van der Waals surface area contributed by atoms with Crippen LogP contribution >= 0.6 is 0 Å².